The second-order valence-electron chi connectivity index (χ2n) is 5.69. The Bertz CT molecular complexity index is 1060. The Labute approximate surface area is 143 Å². The molecule has 0 radical (unpaired) electrons. The van der Waals surface area contributed by atoms with Gasteiger partial charge < -0.3 is 0 Å². The number of aryl methyl sites for hydroxylation is 1. The summed E-state index contributed by atoms with van der Waals surface area (Å²) in [6.07, 6.45) is 3.38. The van der Waals surface area contributed by atoms with E-state index in [4.69, 9.17) is 11.6 Å². The molecule has 5 heteroatoms. The first kappa shape index (κ1) is 14.8. The zero-order chi connectivity index (χ0) is 16.7. The van der Waals surface area contributed by atoms with Crippen LogP contribution in [0.2, 0.25) is 5.02 Å². The molecule has 2 heterocycles. The van der Waals surface area contributed by atoms with Gasteiger partial charge in [-0.1, -0.05) is 17.7 Å². The zero-order valence-electron chi connectivity index (χ0n) is 12.8. The predicted molar refractivity (Wildman–Crippen MR) is 94.5 cm³/mol. The van der Waals surface area contributed by atoms with E-state index in [-0.39, 0.29) is 5.82 Å². The molecule has 3 nitrogen and oxygen atoms in total. The number of aromatic amines is 1. The summed E-state index contributed by atoms with van der Waals surface area (Å²) in [7, 11) is 0. The van der Waals surface area contributed by atoms with Crippen LogP contribution in [0.3, 0.4) is 0 Å². The summed E-state index contributed by atoms with van der Waals surface area (Å²) in [6, 6.07) is 12.9. The van der Waals surface area contributed by atoms with Crippen molar-refractivity contribution < 1.29 is 4.39 Å². The van der Waals surface area contributed by atoms with Gasteiger partial charge in [-0.15, -0.1) is 0 Å². The van der Waals surface area contributed by atoms with Gasteiger partial charge in [0.05, 0.1) is 22.4 Å². The van der Waals surface area contributed by atoms with E-state index in [0.29, 0.717) is 10.6 Å². The summed E-state index contributed by atoms with van der Waals surface area (Å²) in [5.74, 6) is -0.228. The number of hydrogen-bond acceptors (Lipinski definition) is 2. The molecule has 118 valence electrons. The van der Waals surface area contributed by atoms with Crippen LogP contribution >= 0.6 is 11.6 Å². The number of fused-ring (bicyclic) bond motifs is 1. The molecule has 4 aromatic rings. The Morgan fingerprint density at radius 1 is 1.00 bits per heavy atom. The van der Waals surface area contributed by atoms with Gasteiger partial charge in [-0.25, -0.2) is 4.39 Å². The number of halogens is 2. The van der Waals surface area contributed by atoms with Gasteiger partial charge in [0.1, 0.15) is 5.82 Å². The number of nitrogens with one attached hydrogen (secondary N) is 1. The molecule has 1 N–H and O–H groups in total. The summed E-state index contributed by atoms with van der Waals surface area (Å²) in [5.41, 5.74) is 5.05. The van der Waals surface area contributed by atoms with Crippen LogP contribution in [0.15, 0.2) is 54.9 Å². The summed E-state index contributed by atoms with van der Waals surface area (Å²) < 4.78 is 13.6. The highest BCUT2D eigenvalue weighted by molar-refractivity contribution is 6.30. The summed E-state index contributed by atoms with van der Waals surface area (Å²) in [4.78, 5) is 4.49. The van der Waals surface area contributed by atoms with E-state index in [1.54, 1.807) is 31.5 Å². The third-order valence-corrected chi connectivity index (χ3v) is 4.24. The maximum Gasteiger partial charge on any atom is 0.126 e. The highest BCUT2D eigenvalue weighted by Gasteiger charge is 2.12. The van der Waals surface area contributed by atoms with E-state index >= 15 is 0 Å². The van der Waals surface area contributed by atoms with E-state index in [1.807, 2.05) is 24.3 Å². The van der Waals surface area contributed by atoms with Crippen molar-refractivity contribution in [2.75, 3.05) is 0 Å². The fourth-order valence-electron chi connectivity index (χ4n) is 2.79. The average Bonchev–Trinajstić information content (AvgIpc) is 3.05. The Morgan fingerprint density at radius 2 is 1.83 bits per heavy atom. The largest absolute Gasteiger partial charge is 0.278 e. The minimum absolute atomic E-state index is 0.228. The molecule has 2 aromatic carbocycles. The van der Waals surface area contributed by atoms with Crippen LogP contribution in [0.25, 0.3) is 33.3 Å². The quantitative estimate of drug-likeness (QED) is 0.532. The van der Waals surface area contributed by atoms with Gasteiger partial charge in [-0.2, -0.15) is 5.10 Å². The average molecular weight is 338 g/mol. The smallest absolute Gasteiger partial charge is 0.126 e. The molecule has 0 aliphatic rings. The van der Waals surface area contributed by atoms with E-state index in [9.17, 15) is 4.39 Å². The second-order valence-corrected chi connectivity index (χ2v) is 6.12. The number of pyridine rings is 1. The number of hydrogen-bond donors (Lipinski definition) is 1. The molecule has 0 saturated heterocycles. The molecule has 24 heavy (non-hydrogen) atoms. The van der Waals surface area contributed by atoms with Crippen molar-refractivity contribution in [3.8, 4) is 22.4 Å². The van der Waals surface area contributed by atoms with Crippen LogP contribution in [0.4, 0.5) is 4.39 Å². The molecule has 0 saturated carbocycles. The number of nitrogens with zero attached hydrogens (tertiary/aromatic N) is 2. The van der Waals surface area contributed by atoms with Crippen molar-refractivity contribution in [1.82, 2.24) is 15.2 Å². The minimum Gasteiger partial charge on any atom is -0.278 e. The Kier molecular flexibility index (Phi) is 3.54. The van der Waals surface area contributed by atoms with Crippen LogP contribution in [0, 0.1) is 12.7 Å². The van der Waals surface area contributed by atoms with Crippen LogP contribution in [-0.4, -0.2) is 15.2 Å². The summed E-state index contributed by atoms with van der Waals surface area (Å²) in [5, 5.41) is 8.55. The molecule has 0 aliphatic carbocycles. The maximum absolute atomic E-state index is 13.6. The minimum atomic E-state index is -0.228. The molecular weight excluding hydrogens is 325 g/mol. The van der Waals surface area contributed by atoms with Crippen molar-refractivity contribution in [3.63, 3.8) is 0 Å². The number of aromatic nitrogens is 3. The lowest BCUT2D eigenvalue weighted by Gasteiger charge is -2.11. The van der Waals surface area contributed by atoms with Crippen molar-refractivity contribution in [2.24, 2.45) is 0 Å². The third kappa shape index (κ3) is 2.55. The molecule has 0 unspecified atom stereocenters. The lowest BCUT2D eigenvalue weighted by Crippen LogP contribution is -1.91. The Hall–Kier alpha value is -2.72. The van der Waals surface area contributed by atoms with Gasteiger partial charge in [-0.05, 0) is 54.4 Å². The summed E-state index contributed by atoms with van der Waals surface area (Å²) >= 11 is 6.17. The van der Waals surface area contributed by atoms with E-state index in [1.165, 1.54) is 6.07 Å². The van der Waals surface area contributed by atoms with Crippen molar-refractivity contribution >= 4 is 22.5 Å². The Morgan fingerprint density at radius 3 is 2.67 bits per heavy atom. The molecular formula is C19H13ClFN3. The third-order valence-electron chi connectivity index (χ3n) is 4.04. The predicted octanol–water partition coefficient (Wildman–Crippen LogP) is 5.39. The van der Waals surface area contributed by atoms with E-state index in [2.05, 4.69) is 15.2 Å². The first-order valence-corrected chi connectivity index (χ1v) is 7.85. The number of benzene rings is 2. The highest BCUT2D eigenvalue weighted by Crippen LogP contribution is 2.34. The molecule has 4 rings (SSSR count). The van der Waals surface area contributed by atoms with Crippen molar-refractivity contribution in [1.29, 1.82) is 0 Å². The fourth-order valence-corrected chi connectivity index (χ4v) is 2.95. The lowest BCUT2D eigenvalue weighted by molar-refractivity contribution is 0.619. The topological polar surface area (TPSA) is 41.6 Å². The molecule has 0 amide bonds. The summed E-state index contributed by atoms with van der Waals surface area (Å²) in [6.45, 7) is 1.74. The first-order chi connectivity index (χ1) is 11.6. The maximum atomic E-state index is 13.6. The van der Waals surface area contributed by atoms with Gasteiger partial charge >= 0.3 is 0 Å². The van der Waals surface area contributed by atoms with Crippen LogP contribution in [0.5, 0.6) is 0 Å². The van der Waals surface area contributed by atoms with Gasteiger partial charge in [0, 0.05) is 22.7 Å². The van der Waals surface area contributed by atoms with Crippen molar-refractivity contribution in [3.05, 3.63) is 71.3 Å². The lowest BCUT2D eigenvalue weighted by atomic mass is 9.97. The van der Waals surface area contributed by atoms with Gasteiger partial charge in [0.15, 0.2) is 0 Å². The normalized spacial score (nSPS) is 11.1. The number of rotatable bonds is 2. The molecule has 0 atom stereocenters. The first-order valence-electron chi connectivity index (χ1n) is 7.47. The van der Waals surface area contributed by atoms with E-state index < -0.39 is 0 Å². The van der Waals surface area contributed by atoms with Crippen LogP contribution in [0.1, 0.15) is 5.56 Å². The van der Waals surface area contributed by atoms with Crippen LogP contribution in [-0.2, 0) is 0 Å². The van der Waals surface area contributed by atoms with Gasteiger partial charge in [0.2, 0.25) is 0 Å². The van der Waals surface area contributed by atoms with Crippen molar-refractivity contribution in [2.45, 2.75) is 6.92 Å². The monoisotopic (exact) mass is 337 g/mol. The Balaban J connectivity index is 1.93. The van der Waals surface area contributed by atoms with E-state index in [0.717, 1.165) is 33.3 Å². The molecule has 0 fully saturated rings. The molecule has 0 aliphatic heterocycles. The van der Waals surface area contributed by atoms with Gasteiger partial charge in [-0.3, -0.25) is 10.1 Å². The molecule has 0 spiro atoms. The second kappa shape index (κ2) is 5.73. The van der Waals surface area contributed by atoms with Gasteiger partial charge in [0.25, 0.3) is 0 Å². The molecule has 0 bridgehead atoms. The highest BCUT2D eigenvalue weighted by atomic mass is 35.5. The SMILES string of the molecule is Cc1cc(-c2ncc(Cl)cc2-c2ccc3[nH]ncc3c2)ccc1F. The number of H-pyrrole nitrogens is 1. The zero-order valence-corrected chi connectivity index (χ0v) is 13.6. The fraction of sp³-hybridized carbons (Fsp3) is 0.0526. The molecule has 2 aromatic heterocycles. The standard InChI is InChI=1S/C19H13ClFN3/c1-11-6-13(2-4-17(11)21)19-16(8-15(20)10-22-19)12-3-5-18-14(7-12)9-23-24-18/h2-10H,1H3,(H,23,24). The van der Waals surface area contributed by atoms with Crippen LogP contribution < -0.4 is 0 Å².